The molecular formula is C21H22N4O3. The zero-order valence-corrected chi connectivity index (χ0v) is 15.7. The Labute approximate surface area is 163 Å². The first kappa shape index (κ1) is 19.4. The highest BCUT2D eigenvalue weighted by Crippen LogP contribution is 2.39. The summed E-state index contributed by atoms with van der Waals surface area (Å²) >= 11 is 0. The van der Waals surface area contributed by atoms with E-state index in [1.54, 1.807) is 23.9 Å². The van der Waals surface area contributed by atoms with Gasteiger partial charge in [0.15, 0.2) is 6.61 Å². The molecule has 1 aliphatic carbocycles. The molecule has 1 aliphatic rings. The summed E-state index contributed by atoms with van der Waals surface area (Å²) < 4.78 is 6.72. The third-order valence-corrected chi connectivity index (χ3v) is 4.62. The Balaban J connectivity index is 1.45. The molecular weight excluding hydrogens is 356 g/mol. The number of aromatic nitrogens is 2. The van der Waals surface area contributed by atoms with Crippen LogP contribution in [-0.2, 0) is 20.9 Å². The van der Waals surface area contributed by atoms with Gasteiger partial charge in [-0.2, -0.15) is 10.4 Å². The van der Waals surface area contributed by atoms with Crippen molar-refractivity contribution in [2.24, 2.45) is 5.92 Å². The van der Waals surface area contributed by atoms with Crippen LogP contribution in [0.15, 0.2) is 48.8 Å². The highest BCUT2D eigenvalue weighted by molar-refractivity contribution is 5.89. The van der Waals surface area contributed by atoms with E-state index in [2.05, 4.69) is 16.5 Å². The lowest BCUT2D eigenvalue weighted by Crippen LogP contribution is -2.48. The summed E-state index contributed by atoms with van der Waals surface area (Å²) in [6.07, 6.45) is 8.14. The minimum absolute atomic E-state index is 0.171. The van der Waals surface area contributed by atoms with Crippen molar-refractivity contribution in [1.29, 1.82) is 5.26 Å². The topological polar surface area (TPSA) is 97.0 Å². The molecule has 0 radical (unpaired) electrons. The SMILES string of the molecule is C[C@@](C#N)(NC(=O)COC(=O)/C=C/c1cnn(Cc2ccccc2)c1)C1CC1. The third-order valence-electron chi connectivity index (χ3n) is 4.62. The predicted octanol–water partition coefficient (Wildman–Crippen LogP) is 2.30. The highest BCUT2D eigenvalue weighted by Gasteiger charge is 2.43. The van der Waals surface area contributed by atoms with Gasteiger partial charge in [-0.1, -0.05) is 30.3 Å². The molecule has 7 heteroatoms. The number of amides is 1. The number of esters is 1. The van der Waals surface area contributed by atoms with Crippen LogP contribution in [0.1, 0.15) is 30.9 Å². The summed E-state index contributed by atoms with van der Waals surface area (Å²) in [5.41, 5.74) is 0.984. The van der Waals surface area contributed by atoms with Gasteiger partial charge in [-0.05, 0) is 37.3 Å². The van der Waals surface area contributed by atoms with Crippen LogP contribution in [0.5, 0.6) is 0 Å². The molecule has 1 fully saturated rings. The van der Waals surface area contributed by atoms with Crippen molar-refractivity contribution in [2.75, 3.05) is 6.61 Å². The molecule has 0 bridgehead atoms. The van der Waals surface area contributed by atoms with E-state index < -0.39 is 24.0 Å². The molecule has 1 aromatic heterocycles. The van der Waals surface area contributed by atoms with Crippen LogP contribution in [0.4, 0.5) is 0 Å². The fraction of sp³-hybridized carbons (Fsp3) is 0.333. The fourth-order valence-electron chi connectivity index (χ4n) is 2.88. The molecule has 1 heterocycles. The predicted molar refractivity (Wildman–Crippen MR) is 103 cm³/mol. The number of hydrogen-bond acceptors (Lipinski definition) is 5. The van der Waals surface area contributed by atoms with Gasteiger partial charge in [0.2, 0.25) is 0 Å². The summed E-state index contributed by atoms with van der Waals surface area (Å²) in [6, 6.07) is 12.1. The lowest BCUT2D eigenvalue weighted by Gasteiger charge is -2.22. The smallest absolute Gasteiger partial charge is 0.331 e. The Kier molecular flexibility index (Phi) is 5.90. The molecule has 0 spiro atoms. The first-order valence-corrected chi connectivity index (χ1v) is 9.12. The Morgan fingerprint density at radius 3 is 2.82 bits per heavy atom. The lowest BCUT2D eigenvalue weighted by atomic mass is 9.98. The molecule has 28 heavy (non-hydrogen) atoms. The van der Waals surface area contributed by atoms with Crippen molar-refractivity contribution < 1.29 is 14.3 Å². The number of rotatable bonds is 8. The van der Waals surface area contributed by atoms with Crippen molar-refractivity contribution >= 4 is 18.0 Å². The van der Waals surface area contributed by atoms with Gasteiger partial charge in [-0.15, -0.1) is 0 Å². The van der Waals surface area contributed by atoms with Crippen LogP contribution >= 0.6 is 0 Å². The second kappa shape index (κ2) is 8.53. The van der Waals surface area contributed by atoms with Crippen LogP contribution in [0.3, 0.4) is 0 Å². The highest BCUT2D eigenvalue weighted by atomic mass is 16.5. The van der Waals surface area contributed by atoms with Gasteiger partial charge in [-0.25, -0.2) is 4.79 Å². The van der Waals surface area contributed by atoms with E-state index in [1.807, 2.05) is 36.5 Å². The molecule has 0 unspecified atom stereocenters. The van der Waals surface area contributed by atoms with Gasteiger partial charge in [0.1, 0.15) is 5.54 Å². The average Bonchev–Trinajstić information content (AvgIpc) is 3.47. The monoisotopic (exact) mass is 378 g/mol. The summed E-state index contributed by atoms with van der Waals surface area (Å²) in [5, 5.41) is 16.1. The Morgan fingerprint density at radius 1 is 1.39 bits per heavy atom. The molecule has 0 aliphatic heterocycles. The summed E-state index contributed by atoms with van der Waals surface area (Å²) in [4.78, 5) is 23.7. The minimum atomic E-state index is -0.896. The fourth-order valence-corrected chi connectivity index (χ4v) is 2.88. The minimum Gasteiger partial charge on any atom is -0.452 e. The maximum Gasteiger partial charge on any atom is 0.331 e. The van der Waals surface area contributed by atoms with E-state index in [1.165, 1.54) is 6.08 Å². The van der Waals surface area contributed by atoms with Crippen molar-refractivity contribution in [3.63, 3.8) is 0 Å². The molecule has 7 nitrogen and oxygen atoms in total. The van der Waals surface area contributed by atoms with E-state index in [9.17, 15) is 14.9 Å². The number of nitrogens with one attached hydrogen (secondary N) is 1. The number of hydrogen-bond donors (Lipinski definition) is 1. The van der Waals surface area contributed by atoms with Crippen molar-refractivity contribution in [2.45, 2.75) is 31.8 Å². The molecule has 2 aromatic rings. The van der Waals surface area contributed by atoms with Crippen molar-refractivity contribution in [1.82, 2.24) is 15.1 Å². The van der Waals surface area contributed by atoms with Crippen LogP contribution in [0, 0.1) is 17.2 Å². The number of nitriles is 1. The first-order chi connectivity index (χ1) is 13.5. The van der Waals surface area contributed by atoms with Gasteiger partial charge in [0.05, 0.1) is 18.8 Å². The zero-order valence-electron chi connectivity index (χ0n) is 15.7. The first-order valence-electron chi connectivity index (χ1n) is 9.12. The maximum absolute atomic E-state index is 11.9. The molecule has 1 aromatic carbocycles. The van der Waals surface area contributed by atoms with E-state index in [4.69, 9.17) is 4.74 Å². The van der Waals surface area contributed by atoms with Crippen LogP contribution in [0.2, 0.25) is 0 Å². The quantitative estimate of drug-likeness (QED) is 0.561. The number of carbonyl (C=O) groups is 2. The Morgan fingerprint density at radius 2 is 2.14 bits per heavy atom. The molecule has 0 saturated heterocycles. The van der Waals surface area contributed by atoms with E-state index in [-0.39, 0.29) is 5.92 Å². The average molecular weight is 378 g/mol. The molecule has 3 rings (SSSR count). The van der Waals surface area contributed by atoms with Crippen molar-refractivity contribution in [3.8, 4) is 6.07 Å². The summed E-state index contributed by atoms with van der Waals surface area (Å²) in [7, 11) is 0. The Hall–Kier alpha value is -3.40. The number of ether oxygens (including phenoxy) is 1. The molecule has 1 saturated carbocycles. The molecule has 1 N–H and O–H groups in total. The lowest BCUT2D eigenvalue weighted by molar-refractivity contribution is -0.144. The van der Waals surface area contributed by atoms with Gasteiger partial charge in [0.25, 0.3) is 5.91 Å². The van der Waals surface area contributed by atoms with Gasteiger partial charge < -0.3 is 10.1 Å². The zero-order chi connectivity index (χ0) is 20.0. The van der Waals surface area contributed by atoms with E-state index >= 15 is 0 Å². The Bertz CT molecular complexity index is 909. The second-order valence-corrected chi connectivity index (χ2v) is 7.03. The third kappa shape index (κ3) is 5.30. The number of nitrogens with zero attached hydrogens (tertiary/aromatic N) is 3. The molecule has 1 amide bonds. The normalized spacial score (nSPS) is 15.6. The summed E-state index contributed by atoms with van der Waals surface area (Å²) in [5.74, 6) is -0.936. The number of carbonyl (C=O) groups excluding carboxylic acids is 2. The van der Waals surface area contributed by atoms with Crippen LogP contribution in [0.25, 0.3) is 6.08 Å². The molecule has 1 atom stereocenters. The van der Waals surface area contributed by atoms with Gasteiger partial charge in [-0.3, -0.25) is 9.48 Å². The largest absolute Gasteiger partial charge is 0.452 e. The van der Waals surface area contributed by atoms with Crippen LogP contribution in [-0.4, -0.2) is 33.8 Å². The van der Waals surface area contributed by atoms with Gasteiger partial charge >= 0.3 is 5.97 Å². The standard InChI is InChI=1S/C21H22N4O3/c1-21(15-22,18-8-9-18)24-19(26)14-28-20(27)10-7-17-11-23-25(13-17)12-16-5-3-2-4-6-16/h2-7,10-11,13,18H,8-9,12,14H2,1H3,(H,24,26)/b10-7+/t21-/m0/s1. The van der Waals surface area contributed by atoms with E-state index in [0.717, 1.165) is 24.0 Å². The maximum atomic E-state index is 11.9. The van der Waals surface area contributed by atoms with Crippen LogP contribution < -0.4 is 5.32 Å². The second-order valence-electron chi connectivity index (χ2n) is 7.03. The van der Waals surface area contributed by atoms with E-state index in [0.29, 0.717) is 6.54 Å². The van der Waals surface area contributed by atoms with Crippen molar-refractivity contribution in [3.05, 3.63) is 59.9 Å². The summed E-state index contributed by atoms with van der Waals surface area (Å²) in [6.45, 7) is 1.91. The van der Waals surface area contributed by atoms with Gasteiger partial charge in [0, 0.05) is 17.8 Å². The molecule has 144 valence electrons. The number of benzene rings is 1.